The van der Waals surface area contributed by atoms with Crippen LogP contribution in [0.15, 0.2) is 54.6 Å². The van der Waals surface area contributed by atoms with Crippen molar-refractivity contribution >= 4 is 0 Å². The zero-order chi connectivity index (χ0) is 17.6. The minimum atomic E-state index is 0.868. The molecule has 0 amide bonds. The first-order chi connectivity index (χ1) is 12.2. The lowest BCUT2D eigenvalue weighted by Crippen LogP contribution is -1.87. The number of aryl methyl sites for hydroxylation is 1. The van der Waals surface area contributed by atoms with Crippen molar-refractivity contribution in [3.63, 3.8) is 0 Å². The smallest absolute Gasteiger partial charge is 0.118 e. The third-order valence-electron chi connectivity index (χ3n) is 4.45. The van der Waals surface area contributed by atoms with Crippen LogP contribution in [-0.2, 0) is 6.42 Å². The van der Waals surface area contributed by atoms with Gasteiger partial charge in [0.05, 0.1) is 19.9 Å². The summed E-state index contributed by atoms with van der Waals surface area (Å²) in [5.41, 5.74) is 6.00. The highest BCUT2D eigenvalue weighted by atomic mass is 16.5. The standard InChI is InChI=1S/C22H25NO2/c1-4-5-6-18-15-21(16-7-11-19(24-2)12-8-16)22(23-18)17-9-13-20(25-3)14-10-17/h7-15,23H,4-6H2,1-3H3. The van der Waals surface area contributed by atoms with Gasteiger partial charge in [0.1, 0.15) is 11.5 Å². The van der Waals surface area contributed by atoms with Crippen LogP contribution in [-0.4, -0.2) is 19.2 Å². The van der Waals surface area contributed by atoms with Crippen molar-refractivity contribution in [2.24, 2.45) is 0 Å². The average molecular weight is 335 g/mol. The van der Waals surface area contributed by atoms with Gasteiger partial charge < -0.3 is 14.5 Å². The molecular weight excluding hydrogens is 310 g/mol. The van der Waals surface area contributed by atoms with Gasteiger partial charge in [0.25, 0.3) is 0 Å². The van der Waals surface area contributed by atoms with E-state index in [0.29, 0.717) is 0 Å². The summed E-state index contributed by atoms with van der Waals surface area (Å²) in [6.07, 6.45) is 3.44. The Morgan fingerprint density at radius 1 is 0.800 bits per heavy atom. The second-order valence-electron chi connectivity index (χ2n) is 6.14. The fourth-order valence-corrected chi connectivity index (χ4v) is 3.00. The molecule has 130 valence electrons. The van der Waals surface area contributed by atoms with Crippen molar-refractivity contribution in [1.82, 2.24) is 4.98 Å². The van der Waals surface area contributed by atoms with E-state index in [4.69, 9.17) is 9.47 Å². The third-order valence-corrected chi connectivity index (χ3v) is 4.45. The molecule has 1 N–H and O–H groups in total. The SMILES string of the molecule is CCCCc1cc(-c2ccc(OC)cc2)c(-c2ccc(OC)cc2)[nH]1. The predicted molar refractivity (Wildman–Crippen MR) is 103 cm³/mol. The Balaban J connectivity index is 2.02. The number of hydrogen-bond acceptors (Lipinski definition) is 2. The van der Waals surface area contributed by atoms with Crippen molar-refractivity contribution in [2.75, 3.05) is 14.2 Å². The van der Waals surface area contributed by atoms with E-state index < -0.39 is 0 Å². The summed E-state index contributed by atoms with van der Waals surface area (Å²) in [6.45, 7) is 2.22. The van der Waals surface area contributed by atoms with Crippen LogP contribution in [0.1, 0.15) is 25.5 Å². The molecule has 0 unspecified atom stereocenters. The fraction of sp³-hybridized carbons (Fsp3) is 0.273. The van der Waals surface area contributed by atoms with Crippen molar-refractivity contribution in [3.05, 3.63) is 60.3 Å². The molecule has 0 aliphatic carbocycles. The summed E-state index contributed by atoms with van der Waals surface area (Å²) >= 11 is 0. The molecule has 2 aromatic carbocycles. The minimum absolute atomic E-state index is 0.868. The molecule has 3 aromatic rings. The highest BCUT2D eigenvalue weighted by molar-refractivity contribution is 5.82. The molecule has 0 saturated carbocycles. The van der Waals surface area contributed by atoms with E-state index in [1.165, 1.54) is 29.7 Å². The van der Waals surface area contributed by atoms with E-state index in [1.807, 2.05) is 24.3 Å². The normalized spacial score (nSPS) is 10.7. The average Bonchev–Trinajstić information content (AvgIpc) is 3.10. The Kier molecular flexibility index (Phi) is 5.44. The van der Waals surface area contributed by atoms with Gasteiger partial charge in [-0.15, -0.1) is 0 Å². The maximum Gasteiger partial charge on any atom is 0.118 e. The second-order valence-corrected chi connectivity index (χ2v) is 6.14. The van der Waals surface area contributed by atoms with Crippen molar-refractivity contribution < 1.29 is 9.47 Å². The molecule has 0 fully saturated rings. The highest BCUT2D eigenvalue weighted by Crippen LogP contribution is 2.34. The van der Waals surface area contributed by atoms with Crippen molar-refractivity contribution in [1.29, 1.82) is 0 Å². The van der Waals surface area contributed by atoms with E-state index in [0.717, 1.165) is 29.2 Å². The van der Waals surface area contributed by atoms with Crippen LogP contribution in [0.4, 0.5) is 0 Å². The molecule has 0 aliphatic heterocycles. The van der Waals surface area contributed by atoms with E-state index in [1.54, 1.807) is 14.2 Å². The summed E-state index contributed by atoms with van der Waals surface area (Å²) in [5.74, 6) is 1.74. The van der Waals surface area contributed by atoms with E-state index in [2.05, 4.69) is 42.2 Å². The van der Waals surface area contributed by atoms with Crippen LogP contribution in [0, 0.1) is 0 Å². The Hall–Kier alpha value is -2.68. The molecule has 3 rings (SSSR count). The van der Waals surface area contributed by atoms with Gasteiger partial charge in [-0.25, -0.2) is 0 Å². The Bertz CT molecular complexity index is 736. The summed E-state index contributed by atoms with van der Waals surface area (Å²) in [5, 5.41) is 0. The zero-order valence-corrected chi connectivity index (χ0v) is 15.1. The number of H-pyrrole nitrogens is 1. The van der Waals surface area contributed by atoms with Crippen LogP contribution in [0.5, 0.6) is 11.5 Å². The first kappa shape index (κ1) is 17.2. The van der Waals surface area contributed by atoms with E-state index in [9.17, 15) is 0 Å². The molecule has 0 aliphatic rings. The van der Waals surface area contributed by atoms with Gasteiger partial charge in [0.15, 0.2) is 0 Å². The monoisotopic (exact) mass is 335 g/mol. The van der Waals surface area contributed by atoms with E-state index in [-0.39, 0.29) is 0 Å². The number of aromatic nitrogens is 1. The van der Waals surface area contributed by atoms with Gasteiger partial charge >= 0.3 is 0 Å². The molecule has 0 radical (unpaired) electrons. The minimum Gasteiger partial charge on any atom is -0.497 e. The van der Waals surface area contributed by atoms with Gasteiger partial charge in [-0.05, 0) is 66.4 Å². The molecule has 3 nitrogen and oxygen atoms in total. The van der Waals surface area contributed by atoms with Crippen LogP contribution in [0.3, 0.4) is 0 Å². The number of benzene rings is 2. The summed E-state index contributed by atoms with van der Waals surface area (Å²) in [6, 6.07) is 18.7. The fourth-order valence-electron chi connectivity index (χ4n) is 3.00. The summed E-state index contributed by atoms with van der Waals surface area (Å²) in [7, 11) is 3.38. The van der Waals surface area contributed by atoms with Crippen molar-refractivity contribution in [2.45, 2.75) is 26.2 Å². The van der Waals surface area contributed by atoms with Crippen LogP contribution in [0.2, 0.25) is 0 Å². The van der Waals surface area contributed by atoms with Gasteiger partial charge in [0, 0.05) is 11.3 Å². The Labute approximate surface area is 149 Å². The maximum absolute atomic E-state index is 5.28. The van der Waals surface area contributed by atoms with Crippen molar-refractivity contribution in [3.8, 4) is 33.9 Å². The van der Waals surface area contributed by atoms with Crippen LogP contribution < -0.4 is 9.47 Å². The number of unbranched alkanes of at least 4 members (excludes halogenated alkanes) is 1. The zero-order valence-electron chi connectivity index (χ0n) is 15.1. The molecule has 0 spiro atoms. The molecule has 0 atom stereocenters. The first-order valence-corrected chi connectivity index (χ1v) is 8.76. The molecule has 1 heterocycles. The lowest BCUT2D eigenvalue weighted by Gasteiger charge is -2.07. The van der Waals surface area contributed by atoms with Gasteiger partial charge in [-0.2, -0.15) is 0 Å². The Morgan fingerprint density at radius 2 is 1.36 bits per heavy atom. The topological polar surface area (TPSA) is 34.2 Å². The van der Waals surface area contributed by atoms with E-state index >= 15 is 0 Å². The molecular formula is C22H25NO2. The largest absolute Gasteiger partial charge is 0.497 e. The number of methoxy groups -OCH3 is 2. The van der Waals surface area contributed by atoms with Crippen LogP contribution >= 0.6 is 0 Å². The molecule has 0 saturated heterocycles. The van der Waals surface area contributed by atoms with Gasteiger partial charge in [0.2, 0.25) is 0 Å². The molecule has 3 heteroatoms. The first-order valence-electron chi connectivity index (χ1n) is 8.76. The Morgan fingerprint density at radius 3 is 1.88 bits per heavy atom. The van der Waals surface area contributed by atoms with Gasteiger partial charge in [-0.1, -0.05) is 25.5 Å². The van der Waals surface area contributed by atoms with Gasteiger partial charge in [-0.3, -0.25) is 0 Å². The maximum atomic E-state index is 5.28. The quantitative estimate of drug-likeness (QED) is 0.600. The number of nitrogens with one attached hydrogen (secondary N) is 1. The molecule has 0 bridgehead atoms. The lowest BCUT2D eigenvalue weighted by molar-refractivity contribution is 0.414. The predicted octanol–water partition coefficient (Wildman–Crippen LogP) is 5.71. The number of rotatable bonds is 7. The number of aromatic amines is 1. The summed E-state index contributed by atoms with van der Waals surface area (Å²) < 4.78 is 10.6. The third kappa shape index (κ3) is 3.87. The number of ether oxygens (including phenoxy) is 2. The van der Waals surface area contributed by atoms with Crippen LogP contribution in [0.25, 0.3) is 22.4 Å². The highest BCUT2D eigenvalue weighted by Gasteiger charge is 2.12. The lowest BCUT2D eigenvalue weighted by atomic mass is 10.0. The summed E-state index contributed by atoms with van der Waals surface area (Å²) in [4.78, 5) is 3.63. The second kappa shape index (κ2) is 7.93. The molecule has 25 heavy (non-hydrogen) atoms. The number of hydrogen-bond donors (Lipinski definition) is 1. The molecule has 1 aromatic heterocycles.